The van der Waals surface area contributed by atoms with Gasteiger partial charge in [0, 0.05) is 16.7 Å². The van der Waals surface area contributed by atoms with Gasteiger partial charge < -0.3 is 10.5 Å². The lowest BCUT2D eigenvalue weighted by atomic mass is 9.44. The van der Waals surface area contributed by atoms with Crippen LogP contribution >= 0.6 is 0 Å². The fourth-order valence-electron chi connectivity index (χ4n) is 7.65. The highest BCUT2D eigenvalue weighted by molar-refractivity contribution is 6.02. The molecule has 0 heterocycles. The van der Waals surface area contributed by atoms with Crippen molar-refractivity contribution in [1.82, 2.24) is 0 Å². The fraction of sp³-hybridized carbons (Fsp3) is 0.771. The highest BCUT2D eigenvalue weighted by Gasteiger charge is 2.58. The van der Waals surface area contributed by atoms with E-state index in [0.29, 0.717) is 6.61 Å². The van der Waals surface area contributed by atoms with Gasteiger partial charge in [-0.05, 0) is 80.1 Å². The number of carbonyl (C=O) groups excluding carboxylic acids is 3. The number of ether oxygens (including phenoxy) is 1. The summed E-state index contributed by atoms with van der Waals surface area (Å²) < 4.78 is 5.63. The summed E-state index contributed by atoms with van der Waals surface area (Å²) in [6, 6.07) is 2.14. The van der Waals surface area contributed by atoms with Crippen molar-refractivity contribution in [2.24, 2.45) is 44.6 Å². The largest absolute Gasteiger partial charge is 0.464 e. The predicted molar refractivity (Wildman–Crippen MR) is 165 cm³/mol. The van der Waals surface area contributed by atoms with Gasteiger partial charge in [0.25, 0.3) is 0 Å². The summed E-state index contributed by atoms with van der Waals surface area (Å²) in [6.07, 6.45) is 11.3. The van der Waals surface area contributed by atoms with Crippen molar-refractivity contribution < 1.29 is 19.1 Å². The van der Waals surface area contributed by atoms with Crippen LogP contribution in [0.1, 0.15) is 121 Å². The van der Waals surface area contributed by atoms with Crippen molar-refractivity contribution in [3.8, 4) is 6.07 Å². The molecule has 6 nitrogen and oxygen atoms in total. The van der Waals surface area contributed by atoms with Gasteiger partial charge in [0.15, 0.2) is 11.6 Å². The number of nitrogens with two attached hydrogens (primary N) is 1. The molecule has 41 heavy (non-hydrogen) atoms. The van der Waals surface area contributed by atoms with E-state index in [1.54, 1.807) is 13.0 Å². The number of hydrogen-bond donors (Lipinski definition) is 1. The second-order valence-corrected chi connectivity index (χ2v) is 15.2. The number of carbonyl (C=O) groups is 3. The van der Waals surface area contributed by atoms with Gasteiger partial charge in [0.2, 0.25) is 0 Å². The van der Waals surface area contributed by atoms with Crippen LogP contribution in [0.25, 0.3) is 0 Å². The number of hydrogen-bond acceptors (Lipinski definition) is 6. The van der Waals surface area contributed by atoms with Crippen molar-refractivity contribution in [3.63, 3.8) is 0 Å². The molecule has 0 bridgehead atoms. The maximum Gasteiger partial charge on any atom is 0.319 e. The lowest BCUT2D eigenvalue weighted by molar-refractivity contribution is -0.146. The molecule has 2 aliphatic rings. The lowest BCUT2D eigenvalue weighted by Gasteiger charge is -2.59. The molecule has 1 fully saturated rings. The monoisotopic (exact) mass is 568 g/mol. The van der Waals surface area contributed by atoms with Gasteiger partial charge in [-0.3, -0.25) is 14.4 Å². The first-order valence-electron chi connectivity index (χ1n) is 15.6. The van der Waals surface area contributed by atoms with Gasteiger partial charge in [-0.15, -0.1) is 0 Å². The van der Waals surface area contributed by atoms with Crippen LogP contribution < -0.4 is 5.73 Å². The Hall–Kier alpha value is -2.26. The van der Waals surface area contributed by atoms with Crippen molar-refractivity contribution in [2.45, 2.75) is 121 Å². The molecule has 230 valence electrons. The SMILES string of the molecule is CCCC(C)(C)CC[C@@](C)(CCC(C)(C)[C@]1(C)CC[C@H]2[C@H](C)C(=O)C(C#N)=C[C@]2(C)/C1=C/C(C)=O)COC(=O)CN. The Morgan fingerprint density at radius 1 is 1.12 bits per heavy atom. The number of Topliss-reactive ketones (excluding diaryl/α,β-unsaturated/α-hetero) is 1. The Morgan fingerprint density at radius 2 is 1.73 bits per heavy atom. The minimum Gasteiger partial charge on any atom is -0.464 e. The van der Waals surface area contributed by atoms with Crippen LogP contribution in [0.3, 0.4) is 0 Å². The van der Waals surface area contributed by atoms with Gasteiger partial charge in [-0.25, -0.2) is 0 Å². The summed E-state index contributed by atoms with van der Waals surface area (Å²) in [7, 11) is 0. The molecule has 0 aliphatic heterocycles. The van der Waals surface area contributed by atoms with E-state index in [1.807, 2.05) is 13.0 Å². The van der Waals surface area contributed by atoms with Gasteiger partial charge in [0.05, 0.1) is 18.7 Å². The van der Waals surface area contributed by atoms with E-state index >= 15 is 0 Å². The Balaban J connectivity index is 2.48. The van der Waals surface area contributed by atoms with Crippen LogP contribution in [0.2, 0.25) is 0 Å². The molecule has 0 saturated heterocycles. The Kier molecular flexibility index (Phi) is 11.0. The highest BCUT2D eigenvalue weighted by atomic mass is 16.5. The summed E-state index contributed by atoms with van der Waals surface area (Å²) in [6.45, 7) is 21.7. The second-order valence-electron chi connectivity index (χ2n) is 15.2. The zero-order valence-electron chi connectivity index (χ0n) is 27.5. The zero-order valence-corrected chi connectivity index (χ0v) is 27.5. The van der Waals surface area contributed by atoms with E-state index in [-0.39, 0.29) is 63.1 Å². The highest BCUT2D eigenvalue weighted by Crippen LogP contribution is 2.65. The first-order valence-corrected chi connectivity index (χ1v) is 15.6. The molecule has 0 aromatic heterocycles. The molecule has 1 saturated carbocycles. The summed E-state index contributed by atoms with van der Waals surface area (Å²) in [5, 5.41) is 9.80. The van der Waals surface area contributed by atoms with Crippen LogP contribution in [0.15, 0.2) is 23.3 Å². The van der Waals surface area contributed by atoms with Crippen LogP contribution in [0.4, 0.5) is 0 Å². The molecule has 0 radical (unpaired) electrons. The molecule has 0 spiro atoms. The third-order valence-electron chi connectivity index (χ3n) is 11.0. The van der Waals surface area contributed by atoms with Crippen LogP contribution in [0.5, 0.6) is 0 Å². The molecule has 0 aromatic rings. The Labute approximate surface area is 249 Å². The first-order chi connectivity index (χ1) is 18.8. The molecule has 0 amide bonds. The van der Waals surface area contributed by atoms with E-state index in [1.165, 1.54) is 0 Å². The third-order valence-corrected chi connectivity index (χ3v) is 11.0. The summed E-state index contributed by atoms with van der Waals surface area (Å²) in [4.78, 5) is 37.7. The topological polar surface area (TPSA) is 110 Å². The van der Waals surface area contributed by atoms with Gasteiger partial charge >= 0.3 is 5.97 Å². The molecule has 5 atom stereocenters. The van der Waals surface area contributed by atoms with Crippen LogP contribution in [-0.2, 0) is 19.1 Å². The number of fused-ring (bicyclic) bond motifs is 1. The number of esters is 1. The second kappa shape index (κ2) is 12.9. The molecule has 2 N–H and O–H groups in total. The summed E-state index contributed by atoms with van der Waals surface area (Å²) in [5.74, 6) is -0.710. The number of ketones is 2. The van der Waals surface area contributed by atoms with Crippen LogP contribution in [-0.4, -0.2) is 30.7 Å². The van der Waals surface area contributed by atoms with Crippen LogP contribution in [0, 0.1) is 50.2 Å². The normalized spacial score (nSPS) is 29.3. The van der Waals surface area contributed by atoms with Crippen molar-refractivity contribution in [2.75, 3.05) is 13.2 Å². The molecular formula is C35H56N2O4. The lowest BCUT2D eigenvalue weighted by Crippen LogP contribution is -2.52. The minimum absolute atomic E-state index is 0.0166. The average Bonchev–Trinajstić information content (AvgIpc) is 2.89. The number of nitrogens with zero attached hydrogens (tertiary/aromatic N) is 1. The molecule has 2 aliphatic carbocycles. The summed E-state index contributed by atoms with van der Waals surface area (Å²) in [5.41, 5.74) is 5.67. The Bertz CT molecular complexity index is 1110. The molecule has 0 unspecified atom stereocenters. The maximum atomic E-state index is 12.9. The predicted octanol–water partition coefficient (Wildman–Crippen LogP) is 7.51. The fourth-order valence-corrected chi connectivity index (χ4v) is 7.65. The standard InChI is InChI=1S/C35H56N2O4/c1-11-13-31(4,5)15-17-33(8,23-41-29(39)22-37)18-16-32(6,7)35(10)14-12-27-25(3)30(40)26(21-36)20-34(27,9)28(35)19-24(2)38/h19-20,25,27H,11-18,22-23,37H2,1-10H3/b28-19-/t25-,27-,33-,34-,35+/m0/s1. The van der Waals surface area contributed by atoms with Gasteiger partial charge in [0.1, 0.15) is 6.07 Å². The van der Waals surface area contributed by atoms with Gasteiger partial charge in [-0.2, -0.15) is 5.26 Å². The summed E-state index contributed by atoms with van der Waals surface area (Å²) >= 11 is 0. The van der Waals surface area contributed by atoms with Crippen molar-refractivity contribution in [1.29, 1.82) is 5.26 Å². The van der Waals surface area contributed by atoms with Crippen molar-refractivity contribution in [3.05, 3.63) is 23.3 Å². The van der Waals surface area contributed by atoms with E-state index in [0.717, 1.165) is 56.9 Å². The van der Waals surface area contributed by atoms with Crippen molar-refractivity contribution >= 4 is 17.5 Å². The maximum absolute atomic E-state index is 12.9. The number of rotatable bonds is 13. The first kappa shape index (κ1) is 34.9. The van der Waals surface area contributed by atoms with Gasteiger partial charge in [-0.1, -0.05) is 80.4 Å². The third kappa shape index (κ3) is 7.58. The minimum atomic E-state index is -0.557. The van der Waals surface area contributed by atoms with E-state index in [9.17, 15) is 19.6 Å². The smallest absolute Gasteiger partial charge is 0.319 e. The Morgan fingerprint density at radius 3 is 2.27 bits per heavy atom. The van der Waals surface area contributed by atoms with E-state index < -0.39 is 5.41 Å². The number of allylic oxidation sites excluding steroid dienone is 4. The molecule has 2 rings (SSSR count). The number of nitriles is 1. The molecule has 6 heteroatoms. The quantitative estimate of drug-likeness (QED) is 0.182. The molecule has 0 aromatic carbocycles. The van der Waals surface area contributed by atoms with E-state index in [2.05, 4.69) is 61.5 Å². The van der Waals surface area contributed by atoms with E-state index in [4.69, 9.17) is 10.5 Å². The average molecular weight is 569 g/mol. The zero-order chi connectivity index (χ0) is 31.4. The molecular weight excluding hydrogens is 512 g/mol.